The quantitative estimate of drug-likeness (QED) is 0.469. The fourth-order valence-electron chi connectivity index (χ4n) is 6.64. The van der Waals surface area contributed by atoms with E-state index in [9.17, 15) is 19.1 Å². The molecule has 0 saturated carbocycles. The summed E-state index contributed by atoms with van der Waals surface area (Å²) in [6.07, 6.45) is 2.36. The van der Waals surface area contributed by atoms with Crippen LogP contribution in [0.2, 0.25) is 0 Å². The zero-order valence-electron chi connectivity index (χ0n) is 22.6. The molecule has 0 aliphatic carbocycles. The van der Waals surface area contributed by atoms with E-state index in [1.807, 2.05) is 52.8 Å². The van der Waals surface area contributed by atoms with E-state index in [1.54, 1.807) is 15.6 Å². The molecule has 198 valence electrons. The summed E-state index contributed by atoms with van der Waals surface area (Å²) >= 11 is 1.46. The predicted octanol–water partition coefficient (Wildman–Crippen LogP) is 1.39. The average Bonchev–Trinajstić information content (AvgIpc) is 2.93. The lowest BCUT2D eigenvalue weighted by Crippen LogP contribution is -2.71. The first-order chi connectivity index (χ1) is 18.3. The number of aromatic hydroxyl groups is 1. The lowest BCUT2D eigenvalue weighted by molar-refractivity contribution is 0.0224. The largest absolute Gasteiger partial charge is 0.502 e. The molecule has 12 heteroatoms. The van der Waals surface area contributed by atoms with Gasteiger partial charge in [-0.2, -0.15) is 0 Å². The molecule has 3 aliphatic heterocycles. The van der Waals surface area contributed by atoms with Crippen molar-refractivity contribution in [2.75, 3.05) is 11.6 Å². The van der Waals surface area contributed by atoms with Gasteiger partial charge in [-0.3, -0.25) is 19.3 Å². The lowest BCUT2D eigenvalue weighted by atomic mass is 9.58. The second-order valence-electron chi connectivity index (χ2n) is 12.1. The molecule has 3 aromatic rings. The first-order valence-corrected chi connectivity index (χ1v) is 13.9. The Labute approximate surface area is 232 Å². The van der Waals surface area contributed by atoms with Gasteiger partial charge in [-0.15, -0.1) is 11.8 Å². The second-order valence-corrected chi connectivity index (χ2v) is 13.8. The van der Waals surface area contributed by atoms with Crippen LogP contribution >= 0.6 is 11.8 Å². The van der Waals surface area contributed by atoms with E-state index in [-0.39, 0.29) is 16.7 Å². The number of rotatable bonds is 1. The number of amides is 1. The number of piperidine rings is 1. The van der Waals surface area contributed by atoms with Gasteiger partial charge in [-0.25, -0.2) is 8.78 Å². The Morgan fingerprint density at radius 2 is 1.74 bits per heavy atom. The van der Waals surface area contributed by atoms with Gasteiger partial charge in [0.2, 0.25) is 5.43 Å². The topological polar surface area (TPSA) is 65.8 Å². The van der Waals surface area contributed by atoms with Crippen molar-refractivity contribution in [1.82, 2.24) is 9.58 Å². The summed E-state index contributed by atoms with van der Waals surface area (Å²) in [5.41, 5.74) is -0.366. The van der Waals surface area contributed by atoms with Crippen LogP contribution in [-0.2, 0) is 9.98 Å². The van der Waals surface area contributed by atoms with Gasteiger partial charge >= 0.3 is 0 Å². The molecule has 1 N–H and O–H groups in total. The number of carbonyl (C=O) groups excluding carboxylic acids is 1. The molecule has 0 radical (unpaired) electrons. The highest BCUT2D eigenvalue weighted by Crippen LogP contribution is 2.53. The van der Waals surface area contributed by atoms with Crippen molar-refractivity contribution in [2.24, 2.45) is 5.41 Å². The lowest BCUT2D eigenvalue weighted by Gasteiger charge is -2.58. The SMILES string of the molecule is BC1(B)Sc2ccccc2[C@](B)(N2[C@@H]3CC(C)(C)CCN3C(=O)c3c(O)c(=O)ccn32)c2ccc(F)c(F)c21. The number of hydrogen-bond acceptors (Lipinski definition) is 5. The summed E-state index contributed by atoms with van der Waals surface area (Å²) in [6.45, 7) is 4.73. The van der Waals surface area contributed by atoms with E-state index in [4.69, 9.17) is 0 Å². The Morgan fingerprint density at radius 1 is 1.03 bits per heavy atom. The van der Waals surface area contributed by atoms with Crippen LogP contribution in [0.3, 0.4) is 0 Å². The monoisotopic (exact) mass is 545 g/mol. The summed E-state index contributed by atoms with van der Waals surface area (Å²) in [4.78, 5) is 28.9. The first-order valence-electron chi connectivity index (χ1n) is 13.1. The maximum atomic E-state index is 15.9. The molecule has 6 nitrogen and oxygen atoms in total. The average molecular weight is 545 g/mol. The van der Waals surface area contributed by atoms with E-state index in [0.717, 1.165) is 22.9 Å². The summed E-state index contributed by atoms with van der Waals surface area (Å²) in [7, 11) is 5.72. The van der Waals surface area contributed by atoms with Crippen LogP contribution in [-0.4, -0.2) is 56.8 Å². The van der Waals surface area contributed by atoms with Crippen LogP contribution < -0.4 is 10.4 Å². The molecular formula is C27H28B3F2N3O3S. The minimum absolute atomic E-state index is 0.121. The maximum absolute atomic E-state index is 15.9. The zero-order chi connectivity index (χ0) is 28.1. The van der Waals surface area contributed by atoms with Gasteiger partial charge in [0.05, 0.1) is 5.44 Å². The molecule has 1 amide bonds. The smallest absolute Gasteiger partial charge is 0.278 e. The number of nitrogens with zero attached hydrogens (tertiary/aromatic N) is 3. The Bertz CT molecular complexity index is 1610. The van der Waals surface area contributed by atoms with Gasteiger partial charge < -0.3 is 10.0 Å². The van der Waals surface area contributed by atoms with Crippen molar-refractivity contribution >= 4 is 41.2 Å². The molecule has 1 fully saturated rings. The second kappa shape index (κ2) is 8.43. The normalized spacial score (nSPS) is 24.7. The Hall–Kier alpha value is -3.14. The number of hydrogen-bond donors (Lipinski definition) is 1. The summed E-state index contributed by atoms with van der Waals surface area (Å²) in [6, 6.07) is 11.8. The molecule has 39 heavy (non-hydrogen) atoms. The number of thioether (sulfide) groups is 1. The third kappa shape index (κ3) is 3.63. The molecule has 3 aliphatic rings. The first kappa shape index (κ1) is 26.1. The van der Waals surface area contributed by atoms with Crippen LogP contribution in [0, 0.1) is 17.0 Å². The number of fused-ring (bicyclic) bond motifs is 4. The molecule has 2 aromatic carbocycles. The number of halogens is 2. The minimum Gasteiger partial charge on any atom is -0.502 e. The third-order valence-corrected chi connectivity index (χ3v) is 9.90. The Balaban J connectivity index is 1.76. The standard InChI is InChI=1S/C27H28B3F2N3O3S/c1-25(2)10-12-33-19(13-25)35(34-11-9-17(36)23(37)22(34)24(33)38)26(28)14-5-3-4-6-18(14)39-27(29,30)20-15(26)7-8-16(31)21(20)32/h3-9,11,19,37H,10,12-13,28-30H2,1-2H3/t19-,26+/m1/s1. The fourth-order valence-corrected chi connectivity index (χ4v) is 8.02. The number of benzene rings is 2. The predicted molar refractivity (Wildman–Crippen MR) is 155 cm³/mol. The highest BCUT2D eigenvalue weighted by Gasteiger charge is 2.54. The van der Waals surface area contributed by atoms with Crippen molar-refractivity contribution in [2.45, 2.75) is 47.7 Å². The third-order valence-electron chi connectivity index (χ3n) is 8.61. The molecule has 0 spiro atoms. The van der Waals surface area contributed by atoms with Gasteiger partial charge in [0.1, 0.15) is 29.7 Å². The number of carbonyl (C=O) groups is 1. The number of aromatic nitrogens is 1. The summed E-state index contributed by atoms with van der Waals surface area (Å²) < 4.78 is 31.4. The fraction of sp³-hybridized carbons (Fsp3) is 0.333. The number of pyridine rings is 1. The van der Waals surface area contributed by atoms with Crippen molar-refractivity contribution < 1.29 is 18.7 Å². The van der Waals surface area contributed by atoms with Crippen molar-refractivity contribution in [3.05, 3.63) is 92.9 Å². The molecule has 1 saturated heterocycles. The van der Waals surface area contributed by atoms with E-state index >= 15 is 4.39 Å². The highest BCUT2D eigenvalue weighted by molar-refractivity contribution is 8.02. The Kier molecular flexibility index (Phi) is 5.64. The van der Waals surface area contributed by atoms with E-state index in [2.05, 4.69) is 13.8 Å². The molecular weight excluding hydrogens is 517 g/mol. The van der Waals surface area contributed by atoms with Gasteiger partial charge in [-0.05, 0) is 51.6 Å². The molecule has 1 aromatic heterocycles. The van der Waals surface area contributed by atoms with E-state index in [0.29, 0.717) is 18.5 Å². The Morgan fingerprint density at radius 3 is 2.49 bits per heavy atom. The van der Waals surface area contributed by atoms with Crippen molar-refractivity contribution in [1.29, 1.82) is 0 Å². The summed E-state index contributed by atoms with van der Waals surface area (Å²) in [5, 5.41) is 12.9. The molecule has 0 unspecified atom stereocenters. The summed E-state index contributed by atoms with van der Waals surface area (Å²) in [5.74, 6) is -2.87. The zero-order valence-corrected chi connectivity index (χ0v) is 23.4. The van der Waals surface area contributed by atoms with Crippen molar-refractivity contribution in [3.63, 3.8) is 0 Å². The van der Waals surface area contributed by atoms with E-state index in [1.165, 1.54) is 24.0 Å². The maximum Gasteiger partial charge on any atom is 0.278 e. The van der Waals surface area contributed by atoms with E-state index < -0.39 is 44.9 Å². The molecule has 0 bridgehead atoms. The molecule has 4 heterocycles. The van der Waals surface area contributed by atoms with Crippen LogP contribution in [0.5, 0.6) is 5.75 Å². The van der Waals surface area contributed by atoms with Gasteiger partial charge in [-0.1, -0.05) is 38.1 Å². The van der Waals surface area contributed by atoms with Crippen molar-refractivity contribution in [3.8, 4) is 5.75 Å². The van der Waals surface area contributed by atoms with Crippen LogP contribution in [0.15, 0.2) is 58.4 Å². The van der Waals surface area contributed by atoms with Gasteiger partial charge in [0, 0.05) is 23.7 Å². The van der Waals surface area contributed by atoms with Gasteiger partial charge in [0.25, 0.3) is 5.91 Å². The van der Waals surface area contributed by atoms with Crippen LogP contribution in [0.1, 0.15) is 53.9 Å². The molecule has 6 rings (SSSR count). The molecule has 2 atom stereocenters. The minimum atomic E-state index is -1.13. The van der Waals surface area contributed by atoms with Crippen LogP contribution in [0.25, 0.3) is 0 Å². The highest BCUT2D eigenvalue weighted by atomic mass is 32.2. The van der Waals surface area contributed by atoms with Crippen LogP contribution in [0.4, 0.5) is 8.78 Å². The van der Waals surface area contributed by atoms with Gasteiger partial charge in [0.15, 0.2) is 23.1 Å².